The lowest BCUT2D eigenvalue weighted by atomic mass is 10.1. The van der Waals surface area contributed by atoms with Crippen molar-refractivity contribution < 1.29 is 5.11 Å². The summed E-state index contributed by atoms with van der Waals surface area (Å²) in [5, 5.41) is 9.40. The van der Waals surface area contributed by atoms with Crippen LogP contribution in [0.2, 0.25) is 0 Å². The molecule has 1 saturated heterocycles. The first-order valence-corrected chi connectivity index (χ1v) is 5.46. The number of rotatable bonds is 3. The van der Waals surface area contributed by atoms with E-state index in [9.17, 15) is 5.11 Å². The van der Waals surface area contributed by atoms with Crippen molar-refractivity contribution in [3.8, 4) is 0 Å². The lowest BCUT2D eigenvalue weighted by Crippen LogP contribution is -2.31. The van der Waals surface area contributed by atoms with Crippen LogP contribution in [0.25, 0.3) is 0 Å². The number of nitrogens with two attached hydrogens (primary N) is 1. The maximum Gasteiger partial charge on any atom is 0.0679 e. The predicted molar refractivity (Wildman–Crippen MR) is 60.4 cm³/mol. The third-order valence-corrected chi connectivity index (χ3v) is 2.93. The van der Waals surface area contributed by atoms with Gasteiger partial charge in [-0.2, -0.15) is 0 Å². The molecule has 0 spiro atoms. The number of aliphatic hydroxyl groups is 1. The zero-order valence-corrected chi connectivity index (χ0v) is 8.84. The second-order valence-electron chi connectivity index (χ2n) is 4.22. The molecule has 1 heterocycles. The van der Waals surface area contributed by atoms with E-state index in [0.717, 1.165) is 26.1 Å². The molecule has 1 fully saturated rings. The van der Waals surface area contributed by atoms with Crippen molar-refractivity contribution in [1.82, 2.24) is 4.90 Å². The Morgan fingerprint density at radius 1 is 1.40 bits per heavy atom. The van der Waals surface area contributed by atoms with E-state index in [2.05, 4.69) is 17.0 Å². The van der Waals surface area contributed by atoms with Gasteiger partial charge in [-0.25, -0.2) is 0 Å². The lowest BCUT2D eigenvalue weighted by Gasteiger charge is -2.20. The fourth-order valence-corrected chi connectivity index (χ4v) is 2.06. The van der Waals surface area contributed by atoms with Crippen molar-refractivity contribution in [1.29, 1.82) is 0 Å². The van der Waals surface area contributed by atoms with E-state index in [4.69, 9.17) is 5.73 Å². The molecule has 1 aromatic carbocycles. The topological polar surface area (TPSA) is 49.5 Å². The summed E-state index contributed by atoms with van der Waals surface area (Å²) in [5.41, 5.74) is 7.26. The molecule has 0 aliphatic carbocycles. The molecule has 15 heavy (non-hydrogen) atoms. The maximum atomic E-state index is 9.40. The molecular weight excluding hydrogens is 188 g/mol. The van der Waals surface area contributed by atoms with Crippen molar-refractivity contribution in [2.24, 2.45) is 5.73 Å². The third-order valence-electron chi connectivity index (χ3n) is 2.93. The van der Waals surface area contributed by atoms with Gasteiger partial charge < -0.3 is 10.8 Å². The van der Waals surface area contributed by atoms with Crippen molar-refractivity contribution in [3.05, 3.63) is 35.9 Å². The minimum Gasteiger partial charge on any atom is -0.392 e. The summed E-state index contributed by atoms with van der Waals surface area (Å²) in [6.07, 6.45) is 0.717. The summed E-state index contributed by atoms with van der Waals surface area (Å²) in [6.45, 7) is 2.56. The van der Waals surface area contributed by atoms with Gasteiger partial charge in [0.1, 0.15) is 0 Å². The Morgan fingerprint density at radius 2 is 2.13 bits per heavy atom. The Hall–Kier alpha value is -0.900. The zero-order chi connectivity index (χ0) is 10.7. The minimum atomic E-state index is -0.159. The Kier molecular flexibility index (Phi) is 3.36. The van der Waals surface area contributed by atoms with Gasteiger partial charge in [-0.15, -0.1) is 0 Å². The highest BCUT2D eigenvalue weighted by molar-refractivity contribution is 5.18. The number of hydrogen-bond donors (Lipinski definition) is 2. The predicted octanol–water partition coefficient (Wildman–Crippen LogP) is 0.753. The number of hydrogen-bond acceptors (Lipinski definition) is 3. The molecule has 3 N–H and O–H groups in total. The molecule has 0 aromatic heterocycles. The number of β-amino-alcohol motifs (C(OH)–C–C–N with tert-alkyl or cyclic N) is 1. The first-order valence-electron chi connectivity index (χ1n) is 5.46. The fraction of sp³-hybridized carbons (Fsp3) is 0.500. The number of aliphatic hydroxyl groups excluding tert-OH is 1. The number of nitrogens with zero attached hydrogens (tertiary/aromatic N) is 1. The second-order valence-corrected chi connectivity index (χ2v) is 4.22. The van der Waals surface area contributed by atoms with Gasteiger partial charge in [0, 0.05) is 25.7 Å². The molecule has 1 aliphatic heterocycles. The van der Waals surface area contributed by atoms with E-state index in [0.29, 0.717) is 0 Å². The van der Waals surface area contributed by atoms with Crippen molar-refractivity contribution >= 4 is 0 Å². The highest BCUT2D eigenvalue weighted by Crippen LogP contribution is 2.15. The molecule has 2 atom stereocenters. The summed E-state index contributed by atoms with van der Waals surface area (Å²) < 4.78 is 0. The molecule has 0 saturated carbocycles. The molecule has 0 unspecified atom stereocenters. The summed E-state index contributed by atoms with van der Waals surface area (Å²) in [4.78, 5) is 2.22. The Bertz CT molecular complexity index is 302. The van der Waals surface area contributed by atoms with Crippen LogP contribution in [0.3, 0.4) is 0 Å². The maximum absolute atomic E-state index is 9.40. The van der Waals surface area contributed by atoms with Crippen LogP contribution in [0.4, 0.5) is 0 Å². The van der Waals surface area contributed by atoms with Crippen molar-refractivity contribution in [3.63, 3.8) is 0 Å². The Labute approximate surface area is 90.5 Å². The first-order chi connectivity index (χ1) is 7.25. The summed E-state index contributed by atoms with van der Waals surface area (Å²) >= 11 is 0. The molecule has 0 bridgehead atoms. The minimum absolute atomic E-state index is 0.0523. The van der Waals surface area contributed by atoms with Crippen LogP contribution in [0.1, 0.15) is 18.0 Å². The van der Waals surface area contributed by atoms with Crippen LogP contribution in [-0.4, -0.2) is 35.7 Å². The summed E-state index contributed by atoms with van der Waals surface area (Å²) in [6, 6.07) is 10.2. The van der Waals surface area contributed by atoms with Crippen LogP contribution in [-0.2, 0) is 0 Å². The summed E-state index contributed by atoms with van der Waals surface area (Å²) in [7, 11) is 0. The molecule has 3 heteroatoms. The molecule has 1 aliphatic rings. The molecule has 3 nitrogen and oxygen atoms in total. The van der Waals surface area contributed by atoms with E-state index in [-0.39, 0.29) is 12.1 Å². The SMILES string of the molecule is N[C@@H](CN1CC[C@H](O)C1)c1ccccc1. The van der Waals surface area contributed by atoms with E-state index >= 15 is 0 Å². The molecule has 82 valence electrons. The van der Waals surface area contributed by atoms with Crippen molar-refractivity contribution in [2.45, 2.75) is 18.6 Å². The van der Waals surface area contributed by atoms with Crippen LogP contribution in [0, 0.1) is 0 Å². The van der Waals surface area contributed by atoms with E-state index in [1.165, 1.54) is 5.56 Å². The number of likely N-dealkylation sites (tertiary alicyclic amines) is 1. The average molecular weight is 206 g/mol. The van der Waals surface area contributed by atoms with Gasteiger partial charge in [-0.05, 0) is 12.0 Å². The molecular formula is C12H18N2O. The van der Waals surface area contributed by atoms with Crippen LogP contribution in [0.5, 0.6) is 0 Å². The van der Waals surface area contributed by atoms with Gasteiger partial charge in [0.2, 0.25) is 0 Å². The largest absolute Gasteiger partial charge is 0.392 e. The molecule has 2 rings (SSSR count). The van der Waals surface area contributed by atoms with Gasteiger partial charge in [-0.3, -0.25) is 4.90 Å². The zero-order valence-electron chi connectivity index (χ0n) is 8.84. The lowest BCUT2D eigenvalue weighted by molar-refractivity contribution is 0.174. The quantitative estimate of drug-likeness (QED) is 0.767. The van der Waals surface area contributed by atoms with Crippen LogP contribution >= 0.6 is 0 Å². The highest BCUT2D eigenvalue weighted by Gasteiger charge is 2.21. The second kappa shape index (κ2) is 4.75. The fourth-order valence-electron chi connectivity index (χ4n) is 2.06. The first kappa shape index (κ1) is 10.6. The van der Waals surface area contributed by atoms with Gasteiger partial charge in [-0.1, -0.05) is 30.3 Å². The van der Waals surface area contributed by atoms with Gasteiger partial charge in [0.25, 0.3) is 0 Å². The molecule has 0 amide bonds. The van der Waals surface area contributed by atoms with E-state index in [1.54, 1.807) is 0 Å². The summed E-state index contributed by atoms with van der Waals surface area (Å²) in [5.74, 6) is 0. The third kappa shape index (κ3) is 2.78. The van der Waals surface area contributed by atoms with Gasteiger partial charge >= 0.3 is 0 Å². The molecule has 1 aromatic rings. The smallest absolute Gasteiger partial charge is 0.0679 e. The monoisotopic (exact) mass is 206 g/mol. The highest BCUT2D eigenvalue weighted by atomic mass is 16.3. The van der Waals surface area contributed by atoms with Crippen LogP contribution < -0.4 is 5.73 Å². The van der Waals surface area contributed by atoms with Gasteiger partial charge in [0.05, 0.1) is 6.10 Å². The van der Waals surface area contributed by atoms with Crippen LogP contribution in [0.15, 0.2) is 30.3 Å². The van der Waals surface area contributed by atoms with Gasteiger partial charge in [0.15, 0.2) is 0 Å². The van der Waals surface area contributed by atoms with Crippen molar-refractivity contribution in [2.75, 3.05) is 19.6 Å². The Morgan fingerprint density at radius 3 is 2.73 bits per heavy atom. The molecule has 0 radical (unpaired) electrons. The Balaban J connectivity index is 1.90. The normalized spacial score (nSPS) is 24.3. The van der Waals surface area contributed by atoms with E-state index in [1.807, 2.05) is 18.2 Å². The number of benzene rings is 1. The average Bonchev–Trinajstić information content (AvgIpc) is 2.65. The van der Waals surface area contributed by atoms with E-state index < -0.39 is 0 Å². The standard InChI is InChI=1S/C12H18N2O/c13-12(10-4-2-1-3-5-10)9-14-7-6-11(15)8-14/h1-5,11-12,15H,6-9,13H2/t11-,12-/m0/s1.